The molecule has 0 aromatic heterocycles. The van der Waals surface area contributed by atoms with E-state index in [9.17, 15) is 9.59 Å². The van der Waals surface area contributed by atoms with Gasteiger partial charge in [-0.15, -0.1) is 0 Å². The Bertz CT molecular complexity index is 649. The van der Waals surface area contributed by atoms with Crippen molar-refractivity contribution in [1.29, 1.82) is 0 Å². The zero-order valence-electron chi connectivity index (χ0n) is 12.6. The Kier molecular flexibility index (Phi) is 5.31. The lowest BCUT2D eigenvalue weighted by Crippen LogP contribution is -2.11. The molecule has 114 valence electrons. The van der Waals surface area contributed by atoms with Crippen LogP contribution in [0.2, 0.25) is 0 Å². The lowest BCUT2D eigenvalue weighted by molar-refractivity contribution is -0.147. The van der Waals surface area contributed by atoms with Crippen LogP contribution >= 0.6 is 0 Å². The molecule has 2 aromatic carbocycles. The summed E-state index contributed by atoms with van der Waals surface area (Å²) in [6.45, 7) is 3.13. The van der Waals surface area contributed by atoms with Crippen molar-refractivity contribution in [2.75, 3.05) is 0 Å². The first kappa shape index (κ1) is 15.8. The van der Waals surface area contributed by atoms with Gasteiger partial charge in [-0.3, -0.25) is 9.59 Å². The maximum atomic E-state index is 12.0. The third-order valence-electron chi connectivity index (χ3n) is 3.09. The predicted molar refractivity (Wildman–Crippen MR) is 82.4 cm³/mol. The summed E-state index contributed by atoms with van der Waals surface area (Å²) in [5.41, 5.74) is 1.69. The molecule has 22 heavy (non-hydrogen) atoms. The molecule has 0 saturated heterocycles. The summed E-state index contributed by atoms with van der Waals surface area (Å²) in [5.74, 6) is -0.238. The Hall–Kier alpha value is -2.62. The van der Waals surface area contributed by atoms with E-state index in [4.69, 9.17) is 9.47 Å². The lowest BCUT2D eigenvalue weighted by atomic mass is 10.1. The van der Waals surface area contributed by atoms with Crippen LogP contribution in [0.25, 0.3) is 0 Å². The molecule has 0 fully saturated rings. The van der Waals surface area contributed by atoms with Gasteiger partial charge in [0, 0.05) is 6.92 Å². The first-order chi connectivity index (χ1) is 10.5. The van der Waals surface area contributed by atoms with Crippen molar-refractivity contribution in [3.05, 3.63) is 65.7 Å². The van der Waals surface area contributed by atoms with Crippen molar-refractivity contribution >= 4 is 11.9 Å². The molecule has 0 N–H and O–H groups in total. The van der Waals surface area contributed by atoms with Gasteiger partial charge in [-0.1, -0.05) is 42.5 Å². The van der Waals surface area contributed by atoms with Gasteiger partial charge in [-0.2, -0.15) is 0 Å². The maximum Gasteiger partial charge on any atom is 0.310 e. The topological polar surface area (TPSA) is 52.6 Å². The standard InChI is InChI=1S/C18H18O4/c1-13(16-9-6-10-17(12-16)22-14(2)19)21-18(20)11-15-7-4-3-5-8-15/h3-10,12-13H,11H2,1-2H3. The average molecular weight is 298 g/mol. The molecule has 0 saturated carbocycles. The van der Waals surface area contributed by atoms with Crippen molar-refractivity contribution in [2.45, 2.75) is 26.4 Å². The summed E-state index contributed by atoms with van der Waals surface area (Å²) in [7, 11) is 0. The molecule has 0 aliphatic carbocycles. The average Bonchev–Trinajstić information content (AvgIpc) is 2.47. The fraction of sp³-hybridized carbons (Fsp3) is 0.222. The molecule has 4 heteroatoms. The third kappa shape index (κ3) is 4.74. The van der Waals surface area contributed by atoms with E-state index in [0.717, 1.165) is 11.1 Å². The minimum absolute atomic E-state index is 0.231. The van der Waals surface area contributed by atoms with Gasteiger partial charge in [-0.05, 0) is 30.2 Å². The zero-order chi connectivity index (χ0) is 15.9. The minimum atomic E-state index is -0.410. The van der Waals surface area contributed by atoms with Gasteiger partial charge in [0.05, 0.1) is 6.42 Å². The van der Waals surface area contributed by atoms with Crippen molar-refractivity contribution in [1.82, 2.24) is 0 Å². The number of hydrogen-bond acceptors (Lipinski definition) is 4. The van der Waals surface area contributed by atoms with Crippen LogP contribution in [-0.4, -0.2) is 11.9 Å². The monoisotopic (exact) mass is 298 g/mol. The number of hydrogen-bond donors (Lipinski definition) is 0. The normalized spacial score (nSPS) is 11.5. The highest BCUT2D eigenvalue weighted by atomic mass is 16.5. The summed E-state index contributed by atoms with van der Waals surface area (Å²) in [4.78, 5) is 22.9. The van der Waals surface area contributed by atoms with E-state index in [1.54, 1.807) is 25.1 Å². The molecule has 4 nitrogen and oxygen atoms in total. The molecule has 2 rings (SSSR count). The number of ether oxygens (including phenoxy) is 2. The van der Waals surface area contributed by atoms with Crippen LogP contribution in [0.4, 0.5) is 0 Å². The molecule has 0 amide bonds. The number of benzene rings is 2. The summed E-state index contributed by atoms with van der Waals surface area (Å²) < 4.78 is 10.4. The summed E-state index contributed by atoms with van der Waals surface area (Å²) in [6.07, 6.45) is -0.179. The summed E-state index contributed by atoms with van der Waals surface area (Å²) in [5, 5.41) is 0. The van der Waals surface area contributed by atoms with Crippen LogP contribution in [0.3, 0.4) is 0 Å². The molecule has 0 bridgehead atoms. The number of carbonyl (C=O) groups excluding carboxylic acids is 2. The molecule has 0 heterocycles. The smallest absolute Gasteiger partial charge is 0.310 e. The fourth-order valence-corrected chi connectivity index (χ4v) is 2.07. The Morgan fingerprint density at radius 3 is 2.45 bits per heavy atom. The van der Waals surface area contributed by atoms with Crippen LogP contribution in [0.15, 0.2) is 54.6 Å². The SMILES string of the molecule is CC(=O)Oc1cccc(C(C)OC(=O)Cc2ccccc2)c1. The van der Waals surface area contributed by atoms with E-state index >= 15 is 0 Å². The molecular formula is C18H18O4. The molecule has 0 aliphatic heterocycles. The van der Waals surface area contributed by atoms with Gasteiger partial charge in [0.2, 0.25) is 0 Å². The maximum absolute atomic E-state index is 12.0. The van der Waals surface area contributed by atoms with Gasteiger partial charge in [0.1, 0.15) is 11.9 Å². The number of carbonyl (C=O) groups is 2. The van der Waals surface area contributed by atoms with Gasteiger partial charge < -0.3 is 9.47 Å². The van der Waals surface area contributed by atoms with Crippen LogP contribution in [-0.2, 0) is 20.7 Å². The van der Waals surface area contributed by atoms with Crippen LogP contribution in [0, 0.1) is 0 Å². The molecule has 0 spiro atoms. The molecule has 1 atom stereocenters. The number of esters is 2. The highest BCUT2D eigenvalue weighted by Gasteiger charge is 2.13. The second-order valence-electron chi connectivity index (χ2n) is 4.96. The molecule has 2 aromatic rings. The molecule has 1 unspecified atom stereocenters. The Labute approximate surface area is 129 Å². The first-order valence-corrected chi connectivity index (χ1v) is 7.06. The largest absolute Gasteiger partial charge is 0.458 e. The summed E-state index contributed by atoms with van der Waals surface area (Å²) >= 11 is 0. The highest BCUT2D eigenvalue weighted by molar-refractivity contribution is 5.73. The van der Waals surface area contributed by atoms with Crippen molar-refractivity contribution < 1.29 is 19.1 Å². The van der Waals surface area contributed by atoms with Crippen molar-refractivity contribution in [2.24, 2.45) is 0 Å². The van der Waals surface area contributed by atoms with Gasteiger partial charge in [-0.25, -0.2) is 0 Å². The van der Waals surface area contributed by atoms with Gasteiger partial charge >= 0.3 is 11.9 Å². The van der Waals surface area contributed by atoms with Crippen LogP contribution in [0.5, 0.6) is 5.75 Å². The van der Waals surface area contributed by atoms with E-state index in [1.807, 2.05) is 36.4 Å². The Morgan fingerprint density at radius 2 is 1.77 bits per heavy atom. The van der Waals surface area contributed by atoms with Crippen molar-refractivity contribution in [3.63, 3.8) is 0 Å². The second-order valence-corrected chi connectivity index (χ2v) is 4.96. The van der Waals surface area contributed by atoms with E-state index < -0.39 is 6.10 Å². The van der Waals surface area contributed by atoms with Gasteiger partial charge in [0.15, 0.2) is 0 Å². The fourth-order valence-electron chi connectivity index (χ4n) is 2.07. The lowest BCUT2D eigenvalue weighted by Gasteiger charge is -2.14. The first-order valence-electron chi connectivity index (χ1n) is 7.06. The van der Waals surface area contributed by atoms with E-state index in [2.05, 4.69) is 0 Å². The zero-order valence-corrected chi connectivity index (χ0v) is 12.6. The minimum Gasteiger partial charge on any atom is -0.458 e. The van der Waals surface area contributed by atoms with Gasteiger partial charge in [0.25, 0.3) is 0 Å². The summed E-state index contributed by atoms with van der Waals surface area (Å²) in [6, 6.07) is 16.4. The Morgan fingerprint density at radius 1 is 1.05 bits per heavy atom. The highest BCUT2D eigenvalue weighted by Crippen LogP contribution is 2.22. The van der Waals surface area contributed by atoms with Crippen molar-refractivity contribution in [3.8, 4) is 5.75 Å². The Balaban J connectivity index is 1.98. The quantitative estimate of drug-likeness (QED) is 0.626. The third-order valence-corrected chi connectivity index (χ3v) is 3.09. The van der Waals surface area contributed by atoms with Crippen LogP contribution in [0.1, 0.15) is 31.1 Å². The second kappa shape index (κ2) is 7.41. The van der Waals surface area contributed by atoms with E-state index in [0.29, 0.717) is 5.75 Å². The van der Waals surface area contributed by atoms with E-state index in [-0.39, 0.29) is 18.4 Å². The molecular weight excluding hydrogens is 280 g/mol. The molecule has 0 aliphatic rings. The molecule has 0 radical (unpaired) electrons. The number of rotatable bonds is 5. The predicted octanol–water partition coefficient (Wildman–Crippen LogP) is 3.46. The van der Waals surface area contributed by atoms with Crippen LogP contribution < -0.4 is 4.74 Å². The van der Waals surface area contributed by atoms with E-state index in [1.165, 1.54) is 6.92 Å².